The highest BCUT2D eigenvalue weighted by molar-refractivity contribution is 9.10. The van der Waals surface area contributed by atoms with Gasteiger partial charge in [0.15, 0.2) is 10.9 Å². The molecular weight excluding hydrogens is 376 g/mol. The van der Waals surface area contributed by atoms with Crippen molar-refractivity contribution in [3.8, 4) is 5.75 Å². The highest BCUT2D eigenvalue weighted by atomic mass is 79.9. The standard InChI is InChI=1S/C18H23BrO3S/c1-12(20)23-9-5-4-8-18(2)15-11-14(22-3)7-6-13(15)10-16(19)17(18)21/h6-7,11,16H,4-5,8-10H2,1-3H3. The van der Waals surface area contributed by atoms with Crippen molar-refractivity contribution in [2.24, 2.45) is 0 Å². The van der Waals surface area contributed by atoms with Crippen LogP contribution in [0.1, 0.15) is 44.2 Å². The number of carbonyl (C=O) groups excluding carboxylic acids is 2. The zero-order valence-electron chi connectivity index (χ0n) is 13.9. The Morgan fingerprint density at radius 2 is 2.17 bits per heavy atom. The summed E-state index contributed by atoms with van der Waals surface area (Å²) in [5.74, 6) is 1.86. The lowest BCUT2D eigenvalue weighted by Crippen LogP contribution is -2.43. The van der Waals surface area contributed by atoms with Gasteiger partial charge in [-0.25, -0.2) is 0 Å². The molecule has 0 N–H and O–H groups in total. The fraction of sp³-hybridized carbons (Fsp3) is 0.556. The second-order valence-corrected chi connectivity index (χ2v) is 8.57. The summed E-state index contributed by atoms with van der Waals surface area (Å²) >= 11 is 4.90. The molecule has 0 fully saturated rings. The number of ether oxygens (including phenoxy) is 1. The Bertz CT molecular complexity index is 602. The van der Waals surface area contributed by atoms with Crippen LogP contribution in [0.4, 0.5) is 0 Å². The molecule has 0 spiro atoms. The predicted octanol–water partition coefficient (Wildman–Crippen LogP) is 4.29. The molecule has 0 aliphatic heterocycles. The lowest BCUT2D eigenvalue weighted by Gasteiger charge is -2.37. The van der Waals surface area contributed by atoms with E-state index in [1.165, 1.54) is 17.3 Å². The maximum atomic E-state index is 12.8. The number of fused-ring (bicyclic) bond motifs is 1. The van der Waals surface area contributed by atoms with E-state index < -0.39 is 5.41 Å². The number of ketones is 1. The summed E-state index contributed by atoms with van der Waals surface area (Å²) in [4.78, 5) is 23.7. The monoisotopic (exact) mass is 398 g/mol. The van der Waals surface area contributed by atoms with Crippen LogP contribution in [-0.2, 0) is 21.4 Å². The predicted molar refractivity (Wildman–Crippen MR) is 98.8 cm³/mol. The van der Waals surface area contributed by atoms with Crippen LogP contribution >= 0.6 is 27.7 Å². The molecule has 2 atom stereocenters. The van der Waals surface area contributed by atoms with Gasteiger partial charge in [0.2, 0.25) is 0 Å². The molecule has 126 valence electrons. The summed E-state index contributed by atoms with van der Waals surface area (Å²) in [6, 6.07) is 6.04. The summed E-state index contributed by atoms with van der Waals surface area (Å²) < 4.78 is 5.34. The number of halogens is 1. The molecule has 5 heteroatoms. The number of methoxy groups -OCH3 is 1. The number of benzene rings is 1. The van der Waals surface area contributed by atoms with Crippen molar-refractivity contribution in [3.05, 3.63) is 29.3 Å². The van der Waals surface area contributed by atoms with Crippen molar-refractivity contribution >= 4 is 38.6 Å². The Balaban J connectivity index is 2.17. The molecule has 2 rings (SSSR count). The van der Waals surface area contributed by atoms with Crippen molar-refractivity contribution in [2.75, 3.05) is 12.9 Å². The summed E-state index contributed by atoms with van der Waals surface area (Å²) in [5, 5.41) is 0.153. The van der Waals surface area contributed by atoms with Gasteiger partial charge in [-0.3, -0.25) is 9.59 Å². The van der Waals surface area contributed by atoms with Gasteiger partial charge in [0.25, 0.3) is 0 Å². The van der Waals surface area contributed by atoms with E-state index in [1.807, 2.05) is 19.1 Å². The van der Waals surface area contributed by atoms with Gasteiger partial charge in [-0.1, -0.05) is 40.2 Å². The number of Topliss-reactive ketones (excluding diaryl/α,β-unsaturated/α-hetero) is 1. The Labute approximate surface area is 150 Å². The largest absolute Gasteiger partial charge is 0.497 e. The average molecular weight is 399 g/mol. The zero-order valence-corrected chi connectivity index (χ0v) is 16.3. The van der Waals surface area contributed by atoms with E-state index >= 15 is 0 Å². The quantitative estimate of drug-likeness (QED) is 0.529. The molecule has 1 aliphatic rings. The Morgan fingerprint density at radius 3 is 2.83 bits per heavy atom. The van der Waals surface area contributed by atoms with E-state index in [1.54, 1.807) is 14.0 Å². The molecule has 0 amide bonds. The van der Waals surface area contributed by atoms with E-state index in [0.717, 1.165) is 42.7 Å². The number of rotatable bonds is 6. The maximum absolute atomic E-state index is 12.8. The maximum Gasteiger partial charge on any atom is 0.185 e. The minimum atomic E-state index is -0.489. The molecule has 0 saturated carbocycles. The highest BCUT2D eigenvalue weighted by Gasteiger charge is 2.43. The molecule has 3 nitrogen and oxygen atoms in total. The van der Waals surface area contributed by atoms with E-state index in [-0.39, 0.29) is 15.7 Å². The van der Waals surface area contributed by atoms with Crippen LogP contribution in [0.3, 0.4) is 0 Å². The van der Waals surface area contributed by atoms with Gasteiger partial charge in [-0.2, -0.15) is 0 Å². The fourth-order valence-corrected chi connectivity index (χ4v) is 4.68. The van der Waals surface area contributed by atoms with Crippen LogP contribution < -0.4 is 4.74 Å². The van der Waals surface area contributed by atoms with Crippen LogP contribution in [0.5, 0.6) is 5.75 Å². The minimum absolute atomic E-state index is 0.125. The number of hydrogen-bond acceptors (Lipinski definition) is 4. The van der Waals surface area contributed by atoms with Crippen molar-refractivity contribution in [1.29, 1.82) is 0 Å². The normalized spacial score (nSPS) is 23.5. The van der Waals surface area contributed by atoms with Gasteiger partial charge in [-0.15, -0.1) is 0 Å². The molecule has 1 aliphatic carbocycles. The number of carbonyl (C=O) groups is 2. The van der Waals surface area contributed by atoms with Gasteiger partial charge in [0.05, 0.1) is 17.4 Å². The van der Waals surface area contributed by atoms with Crippen LogP contribution in [0.25, 0.3) is 0 Å². The van der Waals surface area contributed by atoms with Gasteiger partial charge in [-0.05, 0) is 49.4 Å². The summed E-state index contributed by atoms with van der Waals surface area (Å²) in [6.07, 6.45) is 3.40. The lowest BCUT2D eigenvalue weighted by molar-refractivity contribution is -0.124. The van der Waals surface area contributed by atoms with Crippen molar-refractivity contribution < 1.29 is 14.3 Å². The van der Waals surface area contributed by atoms with E-state index in [9.17, 15) is 9.59 Å². The molecule has 0 radical (unpaired) electrons. The molecule has 23 heavy (non-hydrogen) atoms. The first-order chi connectivity index (χ1) is 10.9. The molecule has 0 bridgehead atoms. The first-order valence-electron chi connectivity index (χ1n) is 7.87. The molecular formula is C18H23BrO3S. The zero-order chi connectivity index (χ0) is 17.0. The topological polar surface area (TPSA) is 43.4 Å². The van der Waals surface area contributed by atoms with Crippen LogP contribution in [-0.4, -0.2) is 28.6 Å². The highest BCUT2D eigenvalue weighted by Crippen LogP contribution is 2.42. The van der Waals surface area contributed by atoms with Crippen LogP contribution in [0, 0.1) is 0 Å². The minimum Gasteiger partial charge on any atom is -0.497 e. The third-order valence-electron chi connectivity index (χ3n) is 4.52. The van der Waals surface area contributed by atoms with Gasteiger partial charge < -0.3 is 4.74 Å². The molecule has 2 unspecified atom stereocenters. The van der Waals surface area contributed by atoms with Gasteiger partial charge >= 0.3 is 0 Å². The molecule has 1 aromatic carbocycles. The van der Waals surface area contributed by atoms with E-state index in [0.29, 0.717) is 0 Å². The molecule has 1 aromatic rings. The molecule has 0 heterocycles. The molecule has 0 aromatic heterocycles. The van der Waals surface area contributed by atoms with Crippen molar-refractivity contribution in [3.63, 3.8) is 0 Å². The summed E-state index contributed by atoms with van der Waals surface area (Å²) in [7, 11) is 1.65. The third-order valence-corrected chi connectivity index (χ3v) is 6.15. The molecule has 0 saturated heterocycles. The first-order valence-corrected chi connectivity index (χ1v) is 9.77. The Hall–Kier alpha value is -0.810. The fourth-order valence-electron chi connectivity index (χ4n) is 3.19. The van der Waals surface area contributed by atoms with E-state index in [2.05, 4.69) is 22.0 Å². The second kappa shape index (κ2) is 7.84. The third kappa shape index (κ3) is 4.18. The van der Waals surface area contributed by atoms with Crippen molar-refractivity contribution in [1.82, 2.24) is 0 Å². The number of thioether (sulfide) groups is 1. The first kappa shape index (κ1) is 18.5. The van der Waals surface area contributed by atoms with Crippen LogP contribution in [0.15, 0.2) is 18.2 Å². The van der Waals surface area contributed by atoms with Gasteiger partial charge in [0.1, 0.15) is 5.75 Å². The van der Waals surface area contributed by atoms with Gasteiger partial charge in [0, 0.05) is 12.7 Å². The van der Waals surface area contributed by atoms with Crippen LogP contribution in [0.2, 0.25) is 0 Å². The number of alkyl halides is 1. The van der Waals surface area contributed by atoms with Crippen molar-refractivity contribution in [2.45, 2.75) is 49.8 Å². The summed E-state index contributed by atoms with van der Waals surface area (Å²) in [6.45, 7) is 3.63. The second-order valence-electron chi connectivity index (χ2n) is 6.19. The Kier molecular flexibility index (Phi) is 6.32. The SMILES string of the molecule is COc1ccc2c(c1)C(C)(CCCCSC(C)=O)C(=O)C(Br)C2. The number of hydrogen-bond donors (Lipinski definition) is 0. The Morgan fingerprint density at radius 1 is 1.43 bits per heavy atom. The van der Waals surface area contributed by atoms with E-state index in [4.69, 9.17) is 4.74 Å². The summed E-state index contributed by atoms with van der Waals surface area (Å²) in [5.41, 5.74) is 1.82. The smallest absolute Gasteiger partial charge is 0.185 e. The number of unbranched alkanes of at least 4 members (excludes halogenated alkanes) is 1. The average Bonchev–Trinajstić information content (AvgIpc) is 2.52. The lowest BCUT2D eigenvalue weighted by atomic mass is 9.67.